The van der Waals surface area contributed by atoms with Crippen LogP contribution in [0.25, 0.3) is 0 Å². The summed E-state index contributed by atoms with van der Waals surface area (Å²) >= 11 is 4.58. The number of amides is 1. The van der Waals surface area contributed by atoms with Crippen LogP contribution in [0, 0.1) is 11.8 Å². The molecule has 2 aliphatic heterocycles. The van der Waals surface area contributed by atoms with E-state index in [9.17, 15) is 13.2 Å². The fourth-order valence-electron chi connectivity index (χ4n) is 5.04. The highest BCUT2D eigenvalue weighted by atomic mass is 79.9. The zero-order valence-corrected chi connectivity index (χ0v) is 18.7. The van der Waals surface area contributed by atoms with E-state index in [0.717, 1.165) is 23.2 Å². The number of likely N-dealkylation sites (tertiary alicyclic amines) is 1. The number of piperidine rings is 2. The molecule has 3 heterocycles. The zero-order valence-electron chi connectivity index (χ0n) is 15.5. The van der Waals surface area contributed by atoms with Gasteiger partial charge in [-0.3, -0.25) is 4.79 Å². The quantitative estimate of drug-likeness (QED) is 0.662. The van der Waals surface area contributed by atoms with Gasteiger partial charge in [0.05, 0.1) is 3.79 Å². The normalized spacial score (nSPS) is 28.1. The van der Waals surface area contributed by atoms with Crippen molar-refractivity contribution in [2.75, 3.05) is 19.6 Å². The van der Waals surface area contributed by atoms with Crippen LogP contribution in [0.2, 0.25) is 0 Å². The van der Waals surface area contributed by atoms with Crippen molar-refractivity contribution in [3.05, 3.63) is 15.9 Å². The second-order valence-corrected chi connectivity index (χ2v) is 12.7. The first kappa shape index (κ1) is 19.9. The molecule has 8 heteroatoms. The van der Waals surface area contributed by atoms with Gasteiger partial charge in [-0.05, 0) is 72.5 Å². The molecule has 2 saturated heterocycles. The van der Waals surface area contributed by atoms with Crippen molar-refractivity contribution in [3.63, 3.8) is 0 Å². The van der Waals surface area contributed by atoms with Gasteiger partial charge in [0.25, 0.3) is 10.0 Å². The molecular weight excluding hydrogens is 448 g/mol. The number of nitrogens with zero attached hydrogens (tertiary/aromatic N) is 2. The minimum atomic E-state index is -3.44. The van der Waals surface area contributed by atoms with E-state index in [1.807, 2.05) is 0 Å². The van der Waals surface area contributed by atoms with Gasteiger partial charge in [0.15, 0.2) is 0 Å². The van der Waals surface area contributed by atoms with Crippen LogP contribution in [-0.2, 0) is 14.8 Å². The summed E-state index contributed by atoms with van der Waals surface area (Å²) in [4.78, 5) is 15.4. The van der Waals surface area contributed by atoms with Gasteiger partial charge in [0.2, 0.25) is 5.91 Å². The minimum absolute atomic E-state index is 0.0211. The van der Waals surface area contributed by atoms with Gasteiger partial charge in [-0.25, -0.2) is 8.42 Å². The van der Waals surface area contributed by atoms with Gasteiger partial charge in [-0.15, -0.1) is 11.3 Å². The van der Waals surface area contributed by atoms with Crippen molar-refractivity contribution in [3.8, 4) is 0 Å². The third-order valence-electron chi connectivity index (χ3n) is 6.47. The van der Waals surface area contributed by atoms with Gasteiger partial charge < -0.3 is 4.90 Å². The Hall–Kier alpha value is -0.440. The molecule has 1 saturated carbocycles. The number of rotatable bonds is 3. The topological polar surface area (TPSA) is 57.7 Å². The Morgan fingerprint density at radius 1 is 1.00 bits per heavy atom. The zero-order chi connectivity index (χ0) is 19.0. The first-order chi connectivity index (χ1) is 13.0. The Balaban J connectivity index is 1.39. The van der Waals surface area contributed by atoms with E-state index in [1.165, 1.54) is 37.0 Å². The lowest BCUT2D eigenvalue weighted by Gasteiger charge is -2.46. The van der Waals surface area contributed by atoms with Crippen LogP contribution < -0.4 is 0 Å². The minimum Gasteiger partial charge on any atom is -0.339 e. The largest absolute Gasteiger partial charge is 0.339 e. The predicted octanol–water partition coefficient (Wildman–Crippen LogP) is 4.09. The van der Waals surface area contributed by atoms with E-state index in [2.05, 4.69) is 20.8 Å². The predicted molar refractivity (Wildman–Crippen MR) is 110 cm³/mol. The van der Waals surface area contributed by atoms with Crippen molar-refractivity contribution in [2.24, 2.45) is 11.8 Å². The number of hydrogen-bond acceptors (Lipinski definition) is 4. The first-order valence-corrected chi connectivity index (χ1v) is 13.1. The number of halogens is 1. The third kappa shape index (κ3) is 4.00. The molecule has 1 aromatic heterocycles. The summed E-state index contributed by atoms with van der Waals surface area (Å²) in [6.07, 6.45) is 8.61. The van der Waals surface area contributed by atoms with Crippen LogP contribution in [0.15, 0.2) is 20.1 Å². The van der Waals surface area contributed by atoms with Gasteiger partial charge in [0.1, 0.15) is 4.21 Å². The smallest absolute Gasteiger partial charge is 0.252 e. The van der Waals surface area contributed by atoms with E-state index < -0.39 is 10.0 Å². The molecule has 1 amide bonds. The van der Waals surface area contributed by atoms with Gasteiger partial charge in [-0.1, -0.05) is 12.8 Å². The second kappa shape index (κ2) is 8.13. The summed E-state index contributed by atoms with van der Waals surface area (Å²) in [5.74, 6) is 0.948. The van der Waals surface area contributed by atoms with Crippen molar-refractivity contribution < 1.29 is 13.2 Å². The molecule has 0 spiro atoms. The molecule has 27 heavy (non-hydrogen) atoms. The van der Waals surface area contributed by atoms with E-state index in [-0.39, 0.29) is 11.8 Å². The number of hydrogen-bond donors (Lipinski definition) is 0. The van der Waals surface area contributed by atoms with Crippen molar-refractivity contribution in [2.45, 2.75) is 61.6 Å². The maximum Gasteiger partial charge on any atom is 0.252 e. The molecule has 4 rings (SSSR count). The average molecular weight is 475 g/mol. The monoisotopic (exact) mass is 474 g/mol. The molecule has 150 valence electrons. The Morgan fingerprint density at radius 2 is 1.70 bits per heavy atom. The number of fused-ring (bicyclic) bond motifs is 1. The van der Waals surface area contributed by atoms with Crippen LogP contribution in [0.1, 0.15) is 51.4 Å². The van der Waals surface area contributed by atoms with Crippen LogP contribution in [0.5, 0.6) is 0 Å². The van der Waals surface area contributed by atoms with Crippen LogP contribution in [-0.4, -0.2) is 49.2 Å². The molecule has 3 fully saturated rings. The first-order valence-electron chi connectivity index (χ1n) is 10.0. The lowest BCUT2D eigenvalue weighted by Crippen LogP contribution is -2.53. The standard InChI is InChI=1S/C19H27BrN2O3S2/c20-17-7-8-18(26-17)27(24,25)21-12-9-15(10-13-21)19(23)22-11-3-5-14-4-1-2-6-16(14)22/h7-8,14-16H,1-6,9-13H2. The van der Waals surface area contributed by atoms with E-state index in [4.69, 9.17) is 0 Å². The van der Waals surface area contributed by atoms with Crippen molar-refractivity contribution >= 4 is 43.2 Å². The summed E-state index contributed by atoms with van der Waals surface area (Å²) in [5.41, 5.74) is 0. The summed E-state index contributed by atoms with van der Waals surface area (Å²) < 4.78 is 28.3. The summed E-state index contributed by atoms with van der Waals surface area (Å²) in [6, 6.07) is 3.86. The fraction of sp³-hybridized carbons (Fsp3) is 0.737. The number of sulfonamides is 1. The van der Waals surface area contributed by atoms with Crippen molar-refractivity contribution in [1.29, 1.82) is 0 Å². The summed E-state index contributed by atoms with van der Waals surface area (Å²) in [7, 11) is -3.44. The molecule has 0 aromatic carbocycles. The summed E-state index contributed by atoms with van der Waals surface area (Å²) in [6.45, 7) is 1.77. The molecule has 3 aliphatic rings. The molecule has 0 N–H and O–H groups in total. The molecule has 0 radical (unpaired) electrons. The van der Waals surface area contributed by atoms with Crippen molar-refractivity contribution in [1.82, 2.24) is 9.21 Å². The number of carbonyl (C=O) groups is 1. The maximum absolute atomic E-state index is 13.2. The van der Waals surface area contributed by atoms with Crippen LogP contribution >= 0.6 is 27.3 Å². The number of carbonyl (C=O) groups excluding carboxylic acids is 1. The maximum atomic E-state index is 13.2. The Bertz CT molecular complexity index is 785. The highest BCUT2D eigenvalue weighted by molar-refractivity contribution is 9.11. The fourth-order valence-corrected chi connectivity index (χ4v) is 8.67. The highest BCUT2D eigenvalue weighted by Crippen LogP contribution is 2.37. The summed E-state index contributed by atoms with van der Waals surface area (Å²) in [5, 5.41) is 0. The van der Waals surface area contributed by atoms with Crippen LogP contribution in [0.3, 0.4) is 0 Å². The molecule has 2 atom stereocenters. The third-order valence-corrected chi connectivity index (χ3v) is 10.5. The van der Waals surface area contributed by atoms with E-state index in [0.29, 0.717) is 42.1 Å². The second-order valence-electron chi connectivity index (χ2n) is 8.02. The Kier molecular flexibility index (Phi) is 5.98. The number of thiophene rings is 1. The molecule has 0 bridgehead atoms. The lowest BCUT2D eigenvalue weighted by molar-refractivity contribution is -0.143. The average Bonchev–Trinajstić information content (AvgIpc) is 3.14. The lowest BCUT2D eigenvalue weighted by atomic mass is 9.77. The van der Waals surface area contributed by atoms with E-state index >= 15 is 0 Å². The Morgan fingerprint density at radius 3 is 2.41 bits per heavy atom. The molecule has 1 aliphatic carbocycles. The van der Waals surface area contributed by atoms with E-state index in [1.54, 1.807) is 16.4 Å². The van der Waals surface area contributed by atoms with Gasteiger partial charge in [0, 0.05) is 31.6 Å². The molecule has 1 aromatic rings. The SMILES string of the molecule is O=C(C1CCN(S(=O)(=O)c2ccc(Br)s2)CC1)N1CCCC2CCCCC21. The van der Waals surface area contributed by atoms with Gasteiger partial charge >= 0.3 is 0 Å². The Labute approximate surface area is 174 Å². The molecule has 2 unspecified atom stereocenters. The highest BCUT2D eigenvalue weighted by Gasteiger charge is 2.40. The molecular formula is C19H27BrN2O3S2. The van der Waals surface area contributed by atoms with Crippen LogP contribution in [0.4, 0.5) is 0 Å². The van der Waals surface area contributed by atoms with Gasteiger partial charge in [-0.2, -0.15) is 4.31 Å². The molecule has 5 nitrogen and oxygen atoms in total.